The Morgan fingerprint density at radius 3 is 2.59 bits per heavy atom. The first kappa shape index (κ1) is 18.7. The highest BCUT2D eigenvalue weighted by molar-refractivity contribution is 8.01. The van der Waals surface area contributed by atoms with Crippen LogP contribution >= 0.6 is 11.8 Å². The quantitative estimate of drug-likeness (QED) is 0.757. The summed E-state index contributed by atoms with van der Waals surface area (Å²) in [5.74, 6) is -0.0873. The third kappa shape index (κ3) is 2.67. The Balaban J connectivity index is 1.62. The van der Waals surface area contributed by atoms with Crippen LogP contribution in [0.25, 0.3) is 0 Å². The average Bonchev–Trinajstić information content (AvgIpc) is 3.11. The number of aliphatic carboxylic acids is 1. The van der Waals surface area contributed by atoms with Gasteiger partial charge in [0.15, 0.2) is 5.76 Å². The predicted octanol–water partition coefficient (Wildman–Crippen LogP) is 3.35. The van der Waals surface area contributed by atoms with Crippen molar-refractivity contribution >= 4 is 29.3 Å². The highest BCUT2D eigenvalue weighted by Crippen LogP contribution is 2.56. The summed E-state index contributed by atoms with van der Waals surface area (Å²) in [6, 6.07) is -0.809. The number of aryl methyl sites for hydroxylation is 1. The van der Waals surface area contributed by atoms with Crippen molar-refractivity contribution in [1.29, 1.82) is 0 Å². The Labute approximate surface area is 163 Å². The zero-order valence-corrected chi connectivity index (χ0v) is 17.1. The summed E-state index contributed by atoms with van der Waals surface area (Å²) >= 11 is 1.54. The number of nitrogens with one attached hydrogen (secondary N) is 1. The van der Waals surface area contributed by atoms with Gasteiger partial charge in [0.1, 0.15) is 28.3 Å². The number of hydrogen-bond acceptors (Lipinski definition) is 6. The number of amides is 1. The van der Waals surface area contributed by atoms with E-state index in [2.05, 4.69) is 10.5 Å². The summed E-state index contributed by atoms with van der Waals surface area (Å²) in [4.78, 5) is 26.3. The van der Waals surface area contributed by atoms with Crippen molar-refractivity contribution in [1.82, 2.24) is 10.1 Å². The first-order valence-electron chi connectivity index (χ1n) is 9.64. The number of fused-ring (bicyclic) bond motifs is 1. The topological polar surface area (TPSA) is 95.7 Å². The van der Waals surface area contributed by atoms with Crippen LogP contribution in [-0.2, 0) is 9.59 Å². The second kappa shape index (κ2) is 6.15. The Hall–Kier alpha value is -1.70. The van der Waals surface area contributed by atoms with Crippen LogP contribution in [0.4, 0.5) is 5.69 Å². The SMILES string of the molecule is Cc1onc(C2CCCCC2)c1N[C@@]1(C)C(=O)N2[C@@H](C(=O)O)C(C)(C)S[C@@H]21. The number of carboxylic acid groups (broad SMARTS) is 1. The molecule has 7 nitrogen and oxygen atoms in total. The van der Waals surface area contributed by atoms with Crippen LogP contribution in [0.3, 0.4) is 0 Å². The fourth-order valence-corrected chi connectivity index (χ4v) is 6.44. The molecule has 8 heteroatoms. The first-order chi connectivity index (χ1) is 12.7. The molecule has 3 aliphatic rings. The lowest BCUT2D eigenvalue weighted by molar-refractivity contribution is -0.163. The van der Waals surface area contributed by atoms with Crippen LogP contribution in [0.2, 0.25) is 0 Å². The molecule has 1 saturated carbocycles. The molecule has 2 aliphatic heterocycles. The Bertz CT molecular complexity index is 786. The number of carbonyl (C=O) groups is 2. The van der Waals surface area contributed by atoms with Crippen molar-refractivity contribution in [2.24, 2.45) is 0 Å². The van der Waals surface area contributed by atoms with Gasteiger partial charge in [-0.25, -0.2) is 4.79 Å². The van der Waals surface area contributed by atoms with Crippen molar-refractivity contribution in [2.75, 3.05) is 5.32 Å². The van der Waals surface area contributed by atoms with Crippen molar-refractivity contribution in [3.05, 3.63) is 11.5 Å². The van der Waals surface area contributed by atoms with Gasteiger partial charge in [-0.05, 0) is 40.5 Å². The molecule has 0 bridgehead atoms. The van der Waals surface area contributed by atoms with Crippen molar-refractivity contribution in [3.63, 3.8) is 0 Å². The zero-order chi connectivity index (χ0) is 19.6. The number of rotatable bonds is 4. The van der Waals surface area contributed by atoms with Gasteiger partial charge in [-0.3, -0.25) is 4.79 Å². The van der Waals surface area contributed by atoms with Gasteiger partial charge in [0.05, 0.1) is 0 Å². The van der Waals surface area contributed by atoms with Crippen LogP contribution in [0.15, 0.2) is 4.52 Å². The molecule has 1 aliphatic carbocycles. The van der Waals surface area contributed by atoms with Gasteiger partial charge in [0.25, 0.3) is 5.91 Å². The molecule has 4 rings (SSSR count). The van der Waals surface area contributed by atoms with Gasteiger partial charge in [-0.2, -0.15) is 0 Å². The van der Waals surface area contributed by atoms with Gasteiger partial charge >= 0.3 is 5.97 Å². The summed E-state index contributed by atoms with van der Waals surface area (Å²) < 4.78 is 4.93. The highest BCUT2D eigenvalue weighted by atomic mass is 32.2. The van der Waals surface area contributed by atoms with E-state index in [1.54, 1.807) is 11.8 Å². The van der Waals surface area contributed by atoms with Crippen molar-refractivity contribution in [3.8, 4) is 0 Å². The van der Waals surface area contributed by atoms with E-state index in [1.165, 1.54) is 24.2 Å². The maximum atomic E-state index is 13.0. The van der Waals surface area contributed by atoms with E-state index in [-0.39, 0.29) is 11.3 Å². The van der Waals surface area contributed by atoms with Crippen LogP contribution in [0, 0.1) is 6.92 Å². The number of thioether (sulfide) groups is 1. The molecule has 1 aromatic rings. The van der Waals surface area contributed by atoms with Gasteiger partial charge in [-0.1, -0.05) is 24.4 Å². The molecule has 0 radical (unpaired) electrons. The monoisotopic (exact) mass is 393 g/mol. The molecule has 0 unspecified atom stereocenters. The molecule has 0 aromatic carbocycles. The fourth-order valence-electron chi connectivity index (χ4n) is 4.79. The zero-order valence-electron chi connectivity index (χ0n) is 16.2. The number of nitrogens with zero attached hydrogens (tertiary/aromatic N) is 2. The number of anilines is 1. The molecule has 1 aromatic heterocycles. The lowest BCUT2D eigenvalue weighted by atomic mass is 9.84. The molecule has 1 amide bonds. The lowest BCUT2D eigenvalue weighted by Crippen LogP contribution is -2.75. The summed E-state index contributed by atoms with van der Waals surface area (Å²) in [6.45, 7) is 7.50. The lowest BCUT2D eigenvalue weighted by Gasteiger charge is -2.51. The van der Waals surface area contributed by atoms with Crippen LogP contribution in [0.5, 0.6) is 0 Å². The van der Waals surface area contributed by atoms with Crippen molar-refractivity contribution in [2.45, 2.75) is 87.4 Å². The van der Waals surface area contributed by atoms with E-state index in [0.717, 1.165) is 24.2 Å². The number of hydrogen-bond donors (Lipinski definition) is 2. The normalized spacial score (nSPS) is 32.9. The van der Waals surface area contributed by atoms with Gasteiger partial charge in [0, 0.05) is 10.7 Å². The minimum atomic E-state index is -0.950. The van der Waals surface area contributed by atoms with E-state index in [9.17, 15) is 14.7 Å². The van der Waals surface area contributed by atoms with E-state index in [4.69, 9.17) is 4.52 Å². The number of carbonyl (C=O) groups excluding carboxylic acids is 1. The number of β-lactam (4-membered cyclic amide) rings is 1. The smallest absolute Gasteiger partial charge is 0.327 e. The van der Waals surface area contributed by atoms with Gasteiger partial charge < -0.3 is 19.8 Å². The van der Waals surface area contributed by atoms with E-state index < -0.39 is 22.3 Å². The molecule has 2 saturated heterocycles. The Kier molecular flexibility index (Phi) is 4.25. The van der Waals surface area contributed by atoms with E-state index >= 15 is 0 Å². The Morgan fingerprint density at radius 2 is 1.96 bits per heavy atom. The summed E-state index contributed by atoms with van der Waals surface area (Å²) in [5, 5.41) is 17.1. The first-order valence-corrected chi connectivity index (χ1v) is 10.5. The molecular formula is C19H27N3O4S. The number of aromatic nitrogens is 1. The molecule has 27 heavy (non-hydrogen) atoms. The van der Waals surface area contributed by atoms with Gasteiger partial charge in [0.2, 0.25) is 0 Å². The van der Waals surface area contributed by atoms with Gasteiger partial charge in [-0.15, -0.1) is 11.8 Å². The molecule has 148 valence electrons. The average molecular weight is 394 g/mol. The Morgan fingerprint density at radius 1 is 1.30 bits per heavy atom. The predicted molar refractivity (Wildman–Crippen MR) is 103 cm³/mol. The maximum Gasteiger partial charge on any atom is 0.327 e. The summed E-state index contributed by atoms with van der Waals surface area (Å²) in [6.07, 6.45) is 5.80. The standard InChI is InChI=1S/C19H27N3O4S/c1-10-12(13(21-26-10)11-8-6-5-7-9-11)20-19(4)16(25)22-14(15(23)24)18(2,3)27-17(19)22/h11,14,17,20H,5-9H2,1-4H3,(H,23,24)/t14-,17+,19-/m0/s1. The van der Waals surface area contributed by atoms with Crippen LogP contribution in [-0.4, -0.2) is 48.7 Å². The molecular weight excluding hydrogens is 366 g/mol. The number of carboxylic acids is 1. The van der Waals surface area contributed by atoms with E-state index in [0.29, 0.717) is 11.7 Å². The second-order valence-electron chi connectivity index (χ2n) is 8.69. The minimum Gasteiger partial charge on any atom is -0.480 e. The maximum absolute atomic E-state index is 13.0. The summed E-state index contributed by atoms with van der Waals surface area (Å²) in [7, 11) is 0. The molecule has 2 N–H and O–H groups in total. The summed E-state index contributed by atoms with van der Waals surface area (Å²) in [5.41, 5.74) is 0.873. The highest BCUT2D eigenvalue weighted by Gasteiger charge is 2.69. The third-order valence-corrected chi connectivity index (χ3v) is 8.03. The molecule has 3 heterocycles. The largest absolute Gasteiger partial charge is 0.480 e. The fraction of sp³-hybridized carbons (Fsp3) is 0.737. The molecule has 3 fully saturated rings. The molecule has 3 atom stereocenters. The van der Waals surface area contributed by atoms with Crippen molar-refractivity contribution < 1.29 is 19.2 Å². The van der Waals surface area contributed by atoms with Crippen LogP contribution < -0.4 is 5.32 Å². The van der Waals surface area contributed by atoms with E-state index in [1.807, 2.05) is 27.7 Å². The minimum absolute atomic E-state index is 0.173. The molecule has 0 spiro atoms. The van der Waals surface area contributed by atoms with Crippen LogP contribution in [0.1, 0.15) is 70.2 Å². The second-order valence-corrected chi connectivity index (χ2v) is 10.4. The third-order valence-electron chi connectivity index (χ3n) is 6.28.